The fourth-order valence-electron chi connectivity index (χ4n) is 2.45. The number of carbonyl (C=O) groups excluding carboxylic acids is 1. The smallest absolute Gasteiger partial charge is 0.251 e. The second-order valence-electron chi connectivity index (χ2n) is 4.67. The van der Waals surface area contributed by atoms with Gasteiger partial charge in [-0.3, -0.25) is 9.10 Å². The lowest BCUT2D eigenvalue weighted by atomic mass is 10.1. The van der Waals surface area contributed by atoms with Crippen molar-refractivity contribution in [1.29, 1.82) is 0 Å². The summed E-state index contributed by atoms with van der Waals surface area (Å²) < 4.78 is 25.7. The molecule has 1 aliphatic rings. The lowest BCUT2D eigenvalue weighted by Crippen LogP contribution is -2.36. The average Bonchev–Trinajstić information content (AvgIpc) is 2.73. The molecule has 0 bridgehead atoms. The number of rotatable bonds is 3. The number of nitrogens with one attached hydrogen (secondary N) is 1. The van der Waals surface area contributed by atoms with Gasteiger partial charge in [0.1, 0.15) is 0 Å². The van der Waals surface area contributed by atoms with Crippen LogP contribution in [-0.4, -0.2) is 33.2 Å². The molecule has 6 heteroatoms. The molecule has 0 unspecified atom stereocenters. The Balaban J connectivity index is 2.47. The molecule has 1 heterocycles. The van der Waals surface area contributed by atoms with Crippen LogP contribution in [0.15, 0.2) is 18.2 Å². The van der Waals surface area contributed by atoms with E-state index in [1.165, 1.54) is 4.31 Å². The van der Waals surface area contributed by atoms with Gasteiger partial charge in [0.15, 0.2) is 0 Å². The largest absolute Gasteiger partial charge is 0.355 e. The number of carbonyl (C=O) groups is 1. The van der Waals surface area contributed by atoms with Crippen LogP contribution in [0, 0.1) is 0 Å². The van der Waals surface area contributed by atoms with Crippen molar-refractivity contribution in [3.05, 3.63) is 29.3 Å². The first-order valence-corrected chi connectivity index (χ1v) is 7.88. The number of sulfonamides is 1. The molecule has 0 radical (unpaired) electrons. The Morgan fingerprint density at radius 3 is 2.74 bits per heavy atom. The van der Waals surface area contributed by atoms with Gasteiger partial charge in [-0.05, 0) is 44.0 Å². The van der Waals surface area contributed by atoms with Gasteiger partial charge < -0.3 is 5.32 Å². The van der Waals surface area contributed by atoms with Gasteiger partial charge in [-0.15, -0.1) is 0 Å². The highest BCUT2D eigenvalue weighted by atomic mass is 32.2. The van der Waals surface area contributed by atoms with E-state index >= 15 is 0 Å². The summed E-state index contributed by atoms with van der Waals surface area (Å²) in [5.74, 6) is -0.0826. The van der Waals surface area contributed by atoms with Crippen molar-refractivity contribution in [3.63, 3.8) is 0 Å². The van der Waals surface area contributed by atoms with Crippen LogP contribution in [0.3, 0.4) is 0 Å². The predicted octanol–water partition coefficient (Wildman–Crippen LogP) is 1.15. The summed E-state index contributed by atoms with van der Waals surface area (Å²) in [5, 5.41) is 2.57. The molecular formula is C13H18N2O3S. The predicted molar refractivity (Wildman–Crippen MR) is 74.9 cm³/mol. The number of nitrogens with zero attached hydrogens (tertiary/aromatic N) is 1. The van der Waals surface area contributed by atoms with Gasteiger partial charge >= 0.3 is 0 Å². The minimum absolute atomic E-state index is 0.0774. The summed E-state index contributed by atoms with van der Waals surface area (Å²) in [4.78, 5) is 11.6. The van der Waals surface area contributed by atoms with Crippen LogP contribution in [0.2, 0.25) is 0 Å². The van der Waals surface area contributed by atoms with Crippen LogP contribution in [-0.2, 0) is 16.4 Å². The minimum atomic E-state index is -3.27. The first-order valence-electron chi connectivity index (χ1n) is 6.27. The molecule has 0 spiro atoms. The molecule has 1 aliphatic heterocycles. The third-order valence-corrected chi connectivity index (χ3v) is 5.27. The highest BCUT2D eigenvalue weighted by Crippen LogP contribution is 2.35. The van der Waals surface area contributed by atoms with Crippen molar-refractivity contribution >= 4 is 21.6 Å². The normalized spacial score (nSPS) is 18.3. The Morgan fingerprint density at radius 2 is 2.16 bits per heavy atom. The van der Waals surface area contributed by atoms with E-state index in [1.54, 1.807) is 32.2 Å². The molecule has 1 aromatic rings. The molecule has 0 aliphatic carbocycles. The molecule has 0 aromatic heterocycles. The van der Waals surface area contributed by atoms with Crippen LogP contribution in [0.4, 0.5) is 5.69 Å². The number of hydrogen-bond acceptors (Lipinski definition) is 3. The summed E-state index contributed by atoms with van der Waals surface area (Å²) in [6, 6.07) is 5.06. The van der Waals surface area contributed by atoms with Gasteiger partial charge in [-0.1, -0.05) is 0 Å². The third-order valence-electron chi connectivity index (χ3n) is 3.39. The van der Waals surface area contributed by atoms with E-state index in [4.69, 9.17) is 0 Å². The molecule has 1 amide bonds. The zero-order chi connectivity index (χ0) is 14.2. The molecule has 104 valence electrons. The van der Waals surface area contributed by atoms with Gasteiger partial charge in [0.25, 0.3) is 5.91 Å². The Bertz CT molecular complexity index is 610. The first-order chi connectivity index (χ1) is 8.90. The highest BCUT2D eigenvalue weighted by Gasteiger charge is 2.34. The average molecular weight is 282 g/mol. The van der Waals surface area contributed by atoms with Crippen LogP contribution in [0.1, 0.15) is 29.8 Å². The van der Waals surface area contributed by atoms with E-state index in [0.29, 0.717) is 17.7 Å². The lowest BCUT2D eigenvalue weighted by Gasteiger charge is -2.23. The second-order valence-corrected chi connectivity index (χ2v) is 6.81. The Morgan fingerprint density at radius 1 is 1.47 bits per heavy atom. The number of amides is 1. The summed E-state index contributed by atoms with van der Waals surface area (Å²) in [6.45, 7) is 3.52. The maximum atomic E-state index is 12.1. The maximum Gasteiger partial charge on any atom is 0.251 e. The van der Waals surface area contributed by atoms with Crippen LogP contribution in [0.5, 0.6) is 0 Å². The minimum Gasteiger partial charge on any atom is -0.355 e. The zero-order valence-electron chi connectivity index (χ0n) is 11.3. The lowest BCUT2D eigenvalue weighted by molar-refractivity contribution is 0.0963. The van der Waals surface area contributed by atoms with Crippen LogP contribution < -0.4 is 9.62 Å². The van der Waals surface area contributed by atoms with Crippen molar-refractivity contribution < 1.29 is 13.2 Å². The van der Waals surface area contributed by atoms with Gasteiger partial charge in [0, 0.05) is 18.7 Å². The molecular weight excluding hydrogens is 264 g/mol. The van der Waals surface area contributed by atoms with E-state index in [0.717, 1.165) is 5.56 Å². The number of fused-ring (bicyclic) bond motifs is 1. The zero-order valence-corrected chi connectivity index (χ0v) is 12.1. The molecule has 1 aromatic carbocycles. The number of benzene rings is 1. The van der Waals surface area contributed by atoms with Gasteiger partial charge in [0.2, 0.25) is 10.0 Å². The first kappa shape index (κ1) is 13.9. The summed E-state index contributed by atoms with van der Waals surface area (Å²) in [5.41, 5.74) is 2.16. The fourth-order valence-corrected chi connectivity index (χ4v) is 3.83. The monoisotopic (exact) mass is 282 g/mol. The maximum absolute atomic E-state index is 12.1. The van der Waals surface area contributed by atoms with Gasteiger partial charge in [0.05, 0.1) is 11.4 Å². The van der Waals surface area contributed by atoms with E-state index in [1.807, 2.05) is 6.92 Å². The highest BCUT2D eigenvalue weighted by molar-refractivity contribution is 7.92. The third kappa shape index (κ3) is 2.32. The Labute approximate surface area is 113 Å². The molecule has 0 fully saturated rings. The molecule has 19 heavy (non-hydrogen) atoms. The van der Waals surface area contributed by atoms with Crippen molar-refractivity contribution in [2.45, 2.75) is 26.3 Å². The van der Waals surface area contributed by atoms with E-state index in [2.05, 4.69) is 5.32 Å². The summed E-state index contributed by atoms with van der Waals surface area (Å²) in [7, 11) is -1.69. The molecule has 1 N–H and O–H groups in total. The summed E-state index contributed by atoms with van der Waals surface area (Å²) in [6.07, 6.45) is 0.638. The van der Waals surface area contributed by atoms with Crippen LogP contribution in [0.25, 0.3) is 0 Å². The molecule has 0 saturated carbocycles. The van der Waals surface area contributed by atoms with E-state index in [9.17, 15) is 13.2 Å². The topological polar surface area (TPSA) is 66.5 Å². The molecule has 5 nitrogen and oxygen atoms in total. The van der Waals surface area contributed by atoms with Crippen molar-refractivity contribution in [2.24, 2.45) is 0 Å². The number of hydrogen-bond donors (Lipinski definition) is 1. The standard InChI is InChI=1S/C13H18N2O3S/c1-4-19(17,18)15-9(2)7-11-8-10(13(16)14-3)5-6-12(11)15/h5-6,8-9H,4,7H2,1-3H3,(H,14,16)/t9-/m1/s1. The van der Waals surface area contributed by atoms with Gasteiger partial charge in [-0.25, -0.2) is 8.42 Å². The van der Waals surface area contributed by atoms with Gasteiger partial charge in [-0.2, -0.15) is 0 Å². The molecule has 0 saturated heterocycles. The van der Waals surface area contributed by atoms with Crippen LogP contribution >= 0.6 is 0 Å². The second kappa shape index (κ2) is 4.85. The quantitative estimate of drug-likeness (QED) is 0.904. The SMILES string of the molecule is CCS(=O)(=O)N1c2ccc(C(=O)NC)cc2C[C@H]1C. The Kier molecular flexibility index (Phi) is 3.54. The molecule has 1 atom stereocenters. The molecule has 2 rings (SSSR count). The number of anilines is 1. The van der Waals surface area contributed by atoms with Crippen molar-refractivity contribution in [3.8, 4) is 0 Å². The van der Waals surface area contributed by atoms with E-state index < -0.39 is 10.0 Å². The Hall–Kier alpha value is -1.56. The fraction of sp³-hybridized carbons (Fsp3) is 0.462. The van der Waals surface area contributed by atoms with E-state index in [-0.39, 0.29) is 17.7 Å². The summed E-state index contributed by atoms with van der Waals surface area (Å²) >= 11 is 0. The van der Waals surface area contributed by atoms with Crippen molar-refractivity contribution in [1.82, 2.24) is 5.32 Å². The van der Waals surface area contributed by atoms with Crippen molar-refractivity contribution in [2.75, 3.05) is 17.1 Å².